The molecule has 1 heterocycles. The molecule has 4 rings (SSSR count). The summed E-state index contributed by atoms with van der Waals surface area (Å²) in [5.74, 6) is -1.26. The van der Waals surface area contributed by atoms with Crippen LogP contribution in [0.4, 0.5) is 0 Å². The van der Waals surface area contributed by atoms with Crippen LogP contribution in [-0.4, -0.2) is 28.8 Å². The Kier molecular flexibility index (Phi) is 7.87. The van der Waals surface area contributed by atoms with Crippen LogP contribution >= 0.6 is 11.3 Å². The molecule has 0 bridgehead atoms. The number of rotatable bonds is 11. The van der Waals surface area contributed by atoms with Gasteiger partial charge in [0.1, 0.15) is 19.0 Å². The highest BCUT2D eigenvalue weighted by molar-refractivity contribution is 7.18. The molecular weight excluding hydrogens is 480 g/mol. The van der Waals surface area contributed by atoms with Gasteiger partial charge in [-0.25, -0.2) is 9.59 Å². The minimum absolute atomic E-state index is 0.0556. The third-order valence-corrected chi connectivity index (χ3v) is 6.62. The molecule has 0 unspecified atom stereocenters. The van der Waals surface area contributed by atoms with Crippen LogP contribution in [0, 0.1) is 6.92 Å². The van der Waals surface area contributed by atoms with Crippen molar-refractivity contribution in [3.05, 3.63) is 100 Å². The number of carboxylic acids is 2. The molecule has 3 aromatic carbocycles. The molecule has 2 N–H and O–H groups in total. The van der Waals surface area contributed by atoms with Gasteiger partial charge in [-0.3, -0.25) is 0 Å². The van der Waals surface area contributed by atoms with E-state index in [0.29, 0.717) is 40.7 Å². The van der Waals surface area contributed by atoms with Gasteiger partial charge in [0.25, 0.3) is 0 Å². The fourth-order valence-corrected chi connectivity index (χ4v) is 4.66. The number of carboxylic acid groups (broad SMARTS) is 2. The van der Waals surface area contributed by atoms with E-state index in [9.17, 15) is 14.7 Å². The highest BCUT2D eigenvalue weighted by atomic mass is 32.1. The lowest BCUT2D eigenvalue weighted by Crippen LogP contribution is -2.11. The minimum Gasteiger partial charge on any atom is -0.485 e. The highest BCUT2D eigenvalue weighted by Crippen LogP contribution is 2.44. The summed E-state index contributed by atoms with van der Waals surface area (Å²) in [6.07, 6.45) is 0. The molecule has 36 heavy (non-hydrogen) atoms. The molecule has 0 spiro atoms. The predicted molar refractivity (Wildman–Crippen MR) is 136 cm³/mol. The quantitative estimate of drug-likeness (QED) is 0.257. The number of ether oxygens (including phenoxy) is 3. The molecule has 0 aliphatic rings. The molecule has 0 radical (unpaired) electrons. The SMILES string of the molecule is Cc1c(-c2ccc(OCc3ccccc3)c(OCc3ccccc3)c2)sc(C(=O)O)c1OCC(=O)O. The van der Waals surface area contributed by atoms with E-state index in [1.807, 2.05) is 66.7 Å². The molecule has 7 nitrogen and oxygen atoms in total. The number of thiophene rings is 1. The van der Waals surface area contributed by atoms with Crippen LogP contribution in [0.2, 0.25) is 0 Å². The number of benzene rings is 3. The lowest BCUT2D eigenvalue weighted by Gasteiger charge is -2.15. The van der Waals surface area contributed by atoms with Crippen LogP contribution in [0.1, 0.15) is 26.4 Å². The molecular formula is C28H24O7S. The average Bonchev–Trinajstić information content (AvgIpc) is 3.22. The Bertz CT molecular complexity index is 1350. The Morgan fingerprint density at radius 2 is 1.36 bits per heavy atom. The van der Waals surface area contributed by atoms with Crippen LogP contribution in [-0.2, 0) is 18.0 Å². The van der Waals surface area contributed by atoms with Gasteiger partial charge >= 0.3 is 11.9 Å². The van der Waals surface area contributed by atoms with Crippen molar-refractivity contribution in [1.82, 2.24) is 0 Å². The number of hydrogen-bond donors (Lipinski definition) is 2. The van der Waals surface area contributed by atoms with E-state index >= 15 is 0 Å². The molecule has 0 saturated heterocycles. The largest absolute Gasteiger partial charge is 0.485 e. The van der Waals surface area contributed by atoms with Gasteiger partial charge in [0.15, 0.2) is 23.0 Å². The van der Waals surface area contributed by atoms with Gasteiger partial charge in [0.2, 0.25) is 0 Å². The first-order valence-electron chi connectivity index (χ1n) is 11.1. The standard InChI is InChI=1S/C28H24O7S/c1-18-25(35-17-24(29)30)27(28(31)32)36-26(18)21-12-13-22(33-15-19-8-4-2-5-9-19)23(14-21)34-16-20-10-6-3-7-11-20/h2-14H,15-17H2,1H3,(H,29,30)(H,31,32). The molecule has 0 fully saturated rings. The van der Waals surface area contributed by atoms with Crippen LogP contribution in [0.15, 0.2) is 78.9 Å². The maximum Gasteiger partial charge on any atom is 0.349 e. The normalized spacial score (nSPS) is 10.6. The van der Waals surface area contributed by atoms with Gasteiger partial charge in [-0.1, -0.05) is 60.7 Å². The Hall–Kier alpha value is -4.30. The zero-order chi connectivity index (χ0) is 25.5. The van der Waals surface area contributed by atoms with Crippen molar-refractivity contribution < 1.29 is 34.0 Å². The second-order valence-electron chi connectivity index (χ2n) is 7.91. The topological polar surface area (TPSA) is 102 Å². The van der Waals surface area contributed by atoms with Crippen molar-refractivity contribution >= 4 is 23.3 Å². The summed E-state index contributed by atoms with van der Waals surface area (Å²) in [5.41, 5.74) is 3.25. The van der Waals surface area contributed by atoms with Gasteiger partial charge in [-0.05, 0) is 41.8 Å². The molecule has 0 aliphatic carbocycles. The molecule has 1 aromatic heterocycles. The van der Waals surface area contributed by atoms with E-state index in [1.165, 1.54) is 0 Å². The molecule has 8 heteroatoms. The molecule has 0 aliphatic heterocycles. The Morgan fingerprint density at radius 1 is 0.778 bits per heavy atom. The average molecular weight is 505 g/mol. The summed E-state index contributed by atoms with van der Waals surface area (Å²) in [6.45, 7) is 1.76. The zero-order valence-corrected chi connectivity index (χ0v) is 20.3. The first kappa shape index (κ1) is 24.8. The molecule has 184 valence electrons. The van der Waals surface area contributed by atoms with Crippen molar-refractivity contribution in [2.75, 3.05) is 6.61 Å². The summed E-state index contributed by atoms with van der Waals surface area (Å²) in [6, 6.07) is 24.9. The molecule has 0 atom stereocenters. The highest BCUT2D eigenvalue weighted by Gasteiger charge is 2.24. The van der Waals surface area contributed by atoms with E-state index in [0.717, 1.165) is 22.5 Å². The monoisotopic (exact) mass is 504 g/mol. The van der Waals surface area contributed by atoms with E-state index in [1.54, 1.807) is 19.1 Å². The Morgan fingerprint density at radius 3 is 1.92 bits per heavy atom. The number of aromatic carboxylic acids is 1. The van der Waals surface area contributed by atoms with Gasteiger partial charge in [0, 0.05) is 10.4 Å². The molecule has 0 amide bonds. The van der Waals surface area contributed by atoms with E-state index < -0.39 is 18.5 Å². The Labute approximate surface area is 212 Å². The van der Waals surface area contributed by atoms with Crippen molar-refractivity contribution in [3.63, 3.8) is 0 Å². The summed E-state index contributed by atoms with van der Waals surface area (Å²) >= 11 is 1.02. The van der Waals surface area contributed by atoms with Crippen molar-refractivity contribution in [3.8, 4) is 27.7 Å². The van der Waals surface area contributed by atoms with Crippen molar-refractivity contribution in [1.29, 1.82) is 0 Å². The predicted octanol–water partition coefficient (Wildman–Crippen LogP) is 6.04. The van der Waals surface area contributed by atoms with Gasteiger partial charge in [-0.2, -0.15) is 0 Å². The fourth-order valence-electron chi connectivity index (χ4n) is 3.57. The summed E-state index contributed by atoms with van der Waals surface area (Å²) in [5, 5.41) is 18.6. The number of aliphatic carboxylic acids is 1. The van der Waals surface area contributed by atoms with Gasteiger partial charge in [0.05, 0.1) is 0 Å². The van der Waals surface area contributed by atoms with Crippen molar-refractivity contribution in [2.24, 2.45) is 0 Å². The summed E-state index contributed by atoms with van der Waals surface area (Å²) in [4.78, 5) is 23.4. The van der Waals surface area contributed by atoms with Crippen LogP contribution in [0.25, 0.3) is 10.4 Å². The van der Waals surface area contributed by atoms with E-state index in [4.69, 9.17) is 19.3 Å². The first-order valence-corrected chi connectivity index (χ1v) is 11.9. The van der Waals surface area contributed by atoms with Crippen LogP contribution in [0.5, 0.6) is 17.2 Å². The summed E-state index contributed by atoms with van der Waals surface area (Å²) < 4.78 is 17.5. The number of carbonyl (C=O) groups is 2. The maximum absolute atomic E-state index is 11.8. The second-order valence-corrected chi connectivity index (χ2v) is 8.93. The van der Waals surface area contributed by atoms with Crippen LogP contribution in [0.3, 0.4) is 0 Å². The third-order valence-electron chi connectivity index (χ3n) is 5.31. The zero-order valence-electron chi connectivity index (χ0n) is 19.5. The molecule has 0 saturated carbocycles. The third kappa shape index (κ3) is 6.03. The van der Waals surface area contributed by atoms with Crippen LogP contribution < -0.4 is 14.2 Å². The molecule has 4 aromatic rings. The lowest BCUT2D eigenvalue weighted by molar-refractivity contribution is -0.139. The smallest absolute Gasteiger partial charge is 0.349 e. The summed E-state index contributed by atoms with van der Waals surface area (Å²) in [7, 11) is 0. The minimum atomic E-state index is -1.19. The number of hydrogen-bond acceptors (Lipinski definition) is 6. The second kappa shape index (κ2) is 11.4. The maximum atomic E-state index is 11.8. The van der Waals surface area contributed by atoms with Crippen molar-refractivity contribution in [2.45, 2.75) is 20.1 Å². The Balaban J connectivity index is 1.67. The fraction of sp³-hybridized carbons (Fsp3) is 0.143. The first-order chi connectivity index (χ1) is 17.4. The van der Waals surface area contributed by atoms with E-state index in [2.05, 4.69) is 0 Å². The van der Waals surface area contributed by atoms with Gasteiger partial charge < -0.3 is 24.4 Å². The van der Waals surface area contributed by atoms with E-state index in [-0.39, 0.29) is 10.6 Å². The van der Waals surface area contributed by atoms with Gasteiger partial charge in [-0.15, -0.1) is 11.3 Å². The lowest BCUT2D eigenvalue weighted by atomic mass is 10.1.